The number of nitriles is 1. The molecule has 6 rings (SSSR count). The monoisotopic (exact) mass is 450 g/mol. The third-order valence-electron chi connectivity index (χ3n) is 7.40. The van der Waals surface area contributed by atoms with Gasteiger partial charge in [0, 0.05) is 12.0 Å². The number of carbonyl (C=O) groups excluding carboxylic acids is 1. The molecule has 2 heterocycles. The lowest BCUT2D eigenvalue weighted by Gasteiger charge is -2.33. The van der Waals surface area contributed by atoms with Gasteiger partial charge in [-0.25, -0.2) is 9.18 Å². The molecular weight excluding hydrogens is 427 g/mol. The highest BCUT2D eigenvalue weighted by Crippen LogP contribution is 2.45. The molecule has 5 heteroatoms. The van der Waals surface area contributed by atoms with Gasteiger partial charge >= 0.3 is 6.09 Å². The fraction of sp³-hybridized carbons (Fsp3) is 0.241. The van der Waals surface area contributed by atoms with Gasteiger partial charge < -0.3 is 4.74 Å². The summed E-state index contributed by atoms with van der Waals surface area (Å²) in [6, 6.07) is 23.2. The number of hydrogen-bond acceptors (Lipinski definition) is 3. The molecule has 0 N–H and O–H groups in total. The molecule has 1 amide bonds. The Morgan fingerprint density at radius 2 is 1.74 bits per heavy atom. The number of fused-ring (bicyclic) bond motifs is 5. The van der Waals surface area contributed by atoms with E-state index in [0.717, 1.165) is 24.0 Å². The van der Waals surface area contributed by atoms with Gasteiger partial charge in [0.2, 0.25) is 0 Å². The van der Waals surface area contributed by atoms with E-state index in [-0.39, 0.29) is 29.7 Å². The van der Waals surface area contributed by atoms with Gasteiger partial charge in [-0.05, 0) is 64.8 Å². The zero-order valence-corrected chi connectivity index (χ0v) is 18.6. The number of halogens is 1. The van der Waals surface area contributed by atoms with Gasteiger partial charge in [0.25, 0.3) is 0 Å². The Morgan fingerprint density at radius 3 is 2.38 bits per heavy atom. The predicted molar refractivity (Wildman–Crippen MR) is 127 cm³/mol. The molecule has 2 bridgehead atoms. The first-order chi connectivity index (χ1) is 16.6. The van der Waals surface area contributed by atoms with Crippen LogP contribution in [0.15, 0.2) is 72.8 Å². The van der Waals surface area contributed by atoms with E-state index in [1.165, 1.54) is 34.4 Å². The average molecular weight is 451 g/mol. The summed E-state index contributed by atoms with van der Waals surface area (Å²) in [5.74, 6) is -0.473. The van der Waals surface area contributed by atoms with Gasteiger partial charge in [-0.1, -0.05) is 60.7 Å². The third-order valence-corrected chi connectivity index (χ3v) is 7.40. The van der Waals surface area contributed by atoms with Crippen LogP contribution in [0, 0.1) is 17.1 Å². The fourth-order valence-corrected chi connectivity index (χ4v) is 5.80. The molecule has 0 saturated carbocycles. The van der Waals surface area contributed by atoms with Gasteiger partial charge in [-0.3, -0.25) is 4.90 Å². The van der Waals surface area contributed by atoms with Crippen molar-refractivity contribution in [2.75, 3.05) is 6.61 Å². The molecule has 1 saturated heterocycles. The number of rotatable bonds is 3. The van der Waals surface area contributed by atoms with Crippen LogP contribution in [-0.4, -0.2) is 29.7 Å². The van der Waals surface area contributed by atoms with Crippen LogP contribution in [0.3, 0.4) is 0 Å². The van der Waals surface area contributed by atoms with Crippen molar-refractivity contribution in [3.63, 3.8) is 0 Å². The topological polar surface area (TPSA) is 53.3 Å². The minimum Gasteiger partial charge on any atom is -0.448 e. The van der Waals surface area contributed by atoms with Crippen molar-refractivity contribution < 1.29 is 13.9 Å². The van der Waals surface area contributed by atoms with Crippen LogP contribution >= 0.6 is 0 Å². The van der Waals surface area contributed by atoms with Crippen molar-refractivity contribution in [3.8, 4) is 17.2 Å². The summed E-state index contributed by atoms with van der Waals surface area (Å²) in [4.78, 5) is 15.1. The van der Waals surface area contributed by atoms with E-state index in [1.54, 1.807) is 6.07 Å². The van der Waals surface area contributed by atoms with Crippen molar-refractivity contribution in [2.45, 2.75) is 37.3 Å². The van der Waals surface area contributed by atoms with E-state index in [9.17, 15) is 9.18 Å². The minimum atomic E-state index is -0.507. The van der Waals surface area contributed by atoms with Gasteiger partial charge in [-0.2, -0.15) is 5.26 Å². The molecule has 0 aromatic heterocycles. The number of amides is 1. The Hall–Kier alpha value is -3.91. The maximum absolute atomic E-state index is 14.1. The quantitative estimate of drug-likeness (QED) is 0.473. The summed E-state index contributed by atoms with van der Waals surface area (Å²) < 4.78 is 20.1. The van der Waals surface area contributed by atoms with Crippen LogP contribution in [0.5, 0.6) is 0 Å². The first-order valence-electron chi connectivity index (χ1n) is 11.7. The van der Waals surface area contributed by atoms with Crippen LogP contribution in [0.2, 0.25) is 0 Å². The Morgan fingerprint density at radius 1 is 1.03 bits per heavy atom. The van der Waals surface area contributed by atoms with Crippen molar-refractivity contribution in [3.05, 3.63) is 101 Å². The van der Waals surface area contributed by atoms with Crippen LogP contribution in [0.25, 0.3) is 16.7 Å². The smallest absolute Gasteiger partial charge is 0.410 e. The van der Waals surface area contributed by atoms with E-state index < -0.39 is 5.82 Å². The molecule has 168 valence electrons. The first-order valence-corrected chi connectivity index (χ1v) is 11.7. The molecule has 2 unspecified atom stereocenters. The Balaban J connectivity index is 1.20. The zero-order valence-electron chi connectivity index (χ0n) is 18.6. The summed E-state index contributed by atoms with van der Waals surface area (Å²) in [6.45, 7) is 0.306. The fourth-order valence-electron chi connectivity index (χ4n) is 5.80. The van der Waals surface area contributed by atoms with E-state index in [2.05, 4.69) is 30.3 Å². The van der Waals surface area contributed by atoms with E-state index in [0.29, 0.717) is 13.0 Å². The Kier molecular flexibility index (Phi) is 4.95. The second-order valence-corrected chi connectivity index (χ2v) is 9.21. The van der Waals surface area contributed by atoms with Crippen molar-refractivity contribution in [1.82, 2.24) is 4.90 Å². The molecule has 4 nitrogen and oxygen atoms in total. The molecule has 3 aromatic rings. The number of benzene rings is 3. The van der Waals surface area contributed by atoms with Crippen LogP contribution in [0.4, 0.5) is 9.18 Å². The minimum absolute atomic E-state index is 0.0338. The van der Waals surface area contributed by atoms with Crippen molar-refractivity contribution in [2.24, 2.45) is 0 Å². The highest BCUT2D eigenvalue weighted by Gasteiger charge is 2.41. The van der Waals surface area contributed by atoms with Gasteiger partial charge in [0.1, 0.15) is 18.5 Å². The molecule has 0 spiro atoms. The molecule has 3 aliphatic rings. The molecule has 2 aliphatic heterocycles. The van der Waals surface area contributed by atoms with E-state index in [1.807, 2.05) is 35.2 Å². The summed E-state index contributed by atoms with van der Waals surface area (Å²) >= 11 is 0. The van der Waals surface area contributed by atoms with Gasteiger partial charge in [-0.15, -0.1) is 0 Å². The van der Waals surface area contributed by atoms with Crippen molar-refractivity contribution in [1.29, 1.82) is 5.26 Å². The largest absolute Gasteiger partial charge is 0.448 e. The number of carbonyl (C=O) groups is 1. The SMILES string of the molecule is N#Cc1ccc(C2=CC3CCC(C2)N3C(=O)OCC2c3ccccc3-c3ccccc32)cc1F. The Labute approximate surface area is 197 Å². The summed E-state index contributed by atoms with van der Waals surface area (Å²) in [6.07, 6.45) is 4.21. The normalized spacial score (nSPS) is 20.4. The van der Waals surface area contributed by atoms with Gasteiger partial charge in [0.05, 0.1) is 11.6 Å². The second kappa shape index (κ2) is 8.14. The molecule has 3 aromatic carbocycles. The number of hydrogen-bond donors (Lipinski definition) is 0. The van der Waals surface area contributed by atoms with Crippen LogP contribution in [-0.2, 0) is 4.74 Å². The Bertz CT molecular complexity index is 1330. The molecule has 1 fully saturated rings. The average Bonchev–Trinajstić information content (AvgIpc) is 3.33. The predicted octanol–water partition coefficient (Wildman–Crippen LogP) is 6.27. The molecule has 1 aliphatic carbocycles. The van der Waals surface area contributed by atoms with Crippen molar-refractivity contribution >= 4 is 11.7 Å². The molecule has 2 atom stereocenters. The summed E-state index contributed by atoms with van der Waals surface area (Å²) in [5.41, 5.74) is 6.66. The molecule has 0 radical (unpaired) electrons. The van der Waals surface area contributed by atoms with E-state index in [4.69, 9.17) is 10.00 Å². The second-order valence-electron chi connectivity index (χ2n) is 9.21. The maximum Gasteiger partial charge on any atom is 0.410 e. The first kappa shape index (κ1) is 20.7. The lowest BCUT2D eigenvalue weighted by Crippen LogP contribution is -2.43. The lowest BCUT2D eigenvalue weighted by atomic mass is 9.94. The van der Waals surface area contributed by atoms with Gasteiger partial charge in [0.15, 0.2) is 0 Å². The number of nitrogens with zero attached hydrogens (tertiary/aromatic N) is 2. The van der Waals surface area contributed by atoms with E-state index >= 15 is 0 Å². The van der Waals surface area contributed by atoms with Crippen LogP contribution < -0.4 is 0 Å². The van der Waals surface area contributed by atoms with Crippen LogP contribution in [0.1, 0.15) is 47.4 Å². The summed E-state index contributed by atoms with van der Waals surface area (Å²) in [7, 11) is 0. The standard InChI is InChI=1S/C29H23FN2O2/c30-28-15-18(9-10-19(28)16-31)20-13-21-11-12-22(14-20)32(21)29(33)34-17-27-25-7-3-1-5-23(25)24-6-2-4-8-26(24)27/h1-10,13,15,21-22,27H,11-12,14,17H2. The molecular formula is C29H23FN2O2. The highest BCUT2D eigenvalue weighted by atomic mass is 19.1. The zero-order chi connectivity index (χ0) is 23.2. The highest BCUT2D eigenvalue weighted by molar-refractivity contribution is 5.79. The maximum atomic E-state index is 14.1. The lowest BCUT2D eigenvalue weighted by molar-refractivity contribution is 0.0866. The molecule has 34 heavy (non-hydrogen) atoms. The summed E-state index contributed by atoms with van der Waals surface area (Å²) in [5, 5.41) is 8.98. The third kappa shape index (κ3) is 3.30. The number of ether oxygens (including phenoxy) is 1.